The molecule has 0 aliphatic rings. The summed E-state index contributed by atoms with van der Waals surface area (Å²) in [6, 6.07) is 0. The van der Waals surface area contributed by atoms with Crippen LogP contribution in [0.3, 0.4) is 0 Å². The van der Waals surface area contributed by atoms with E-state index in [9.17, 15) is 4.79 Å². The summed E-state index contributed by atoms with van der Waals surface area (Å²) >= 11 is 0. The Kier molecular flexibility index (Phi) is 23.3. The average Bonchev–Trinajstić information content (AvgIpc) is 2.71. The van der Waals surface area contributed by atoms with Crippen LogP contribution in [0.15, 0.2) is 5.11 Å². The van der Waals surface area contributed by atoms with Gasteiger partial charge in [0, 0.05) is 11.5 Å². The molecule has 0 unspecified atom stereocenters. The van der Waals surface area contributed by atoms with Gasteiger partial charge in [-0.1, -0.05) is 5.11 Å². The van der Waals surface area contributed by atoms with Crippen molar-refractivity contribution in [3.05, 3.63) is 10.4 Å². The number of aliphatic carboxylic acids is 1. The molecule has 0 saturated carbocycles. The van der Waals surface area contributed by atoms with E-state index in [1.54, 1.807) is 0 Å². The van der Waals surface area contributed by atoms with Gasteiger partial charge < -0.3 is 38.3 Å². The Balaban J connectivity index is 3.01. The van der Waals surface area contributed by atoms with Crippen LogP contribution < -0.4 is 0 Å². The van der Waals surface area contributed by atoms with Crippen molar-refractivity contribution in [2.45, 2.75) is 6.42 Å². The van der Waals surface area contributed by atoms with Crippen LogP contribution >= 0.6 is 0 Å². The van der Waals surface area contributed by atoms with E-state index in [-0.39, 0.29) is 13.0 Å². The van der Waals surface area contributed by atoms with Gasteiger partial charge in [-0.2, -0.15) is 0 Å². The van der Waals surface area contributed by atoms with Crippen LogP contribution in [0.1, 0.15) is 6.42 Å². The summed E-state index contributed by atoms with van der Waals surface area (Å²) in [5, 5.41) is 11.8. The molecular formula is C17H33N3O9. The van der Waals surface area contributed by atoms with Crippen molar-refractivity contribution < 1.29 is 43.1 Å². The van der Waals surface area contributed by atoms with E-state index in [1.807, 2.05) is 0 Å². The van der Waals surface area contributed by atoms with Gasteiger partial charge in [-0.25, -0.2) is 0 Å². The quantitative estimate of drug-likeness (QED) is 0.103. The fraction of sp³-hybridized carbons (Fsp3) is 0.941. The molecule has 29 heavy (non-hydrogen) atoms. The molecule has 170 valence electrons. The Labute approximate surface area is 170 Å². The second-order valence-electron chi connectivity index (χ2n) is 5.38. The zero-order valence-electron chi connectivity index (χ0n) is 16.9. The lowest BCUT2D eigenvalue weighted by Gasteiger charge is -2.08. The summed E-state index contributed by atoms with van der Waals surface area (Å²) < 4.78 is 36.9. The van der Waals surface area contributed by atoms with Crippen molar-refractivity contribution in [1.29, 1.82) is 0 Å². The van der Waals surface area contributed by atoms with Crippen molar-refractivity contribution >= 4 is 5.97 Å². The Bertz CT molecular complexity index is 388. The van der Waals surface area contributed by atoms with Crippen molar-refractivity contribution in [2.75, 3.05) is 99.0 Å². The molecule has 0 bridgehead atoms. The number of hydrogen-bond acceptors (Lipinski definition) is 9. The van der Waals surface area contributed by atoms with Gasteiger partial charge in [-0.3, -0.25) is 4.79 Å². The molecule has 12 nitrogen and oxygen atoms in total. The van der Waals surface area contributed by atoms with E-state index in [0.717, 1.165) is 0 Å². The number of carboxylic acids is 1. The first-order valence-corrected chi connectivity index (χ1v) is 9.54. The van der Waals surface area contributed by atoms with Crippen LogP contribution in [0.2, 0.25) is 0 Å². The first-order valence-electron chi connectivity index (χ1n) is 9.54. The molecule has 0 atom stereocenters. The molecule has 0 aromatic carbocycles. The van der Waals surface area contributed by atoms with Gasteiger partial charge in [0.1, 0.15) is 0 Å². The first-order chi connectivity index (χ1) is 14.3. The smallest absolute Gasteiger partial charge is 0.305 e. The summed E-state index contributed by atoms with van der Waals surface area (Å²) in [5.41, 5.74) is 8.08. The summed E-state index contributed by atoms with van der Waals surface area (Å²) in [7, 11) is 0. The number of ether oxygens (including phenoxy) is 7. The van der Waals surface area contributed by atoms with E-state index in [2.05, 4.69) is 10.0 Å². The molecule has 0 heterocycles. The topological polar surface area (TPSA) is 151 Å². The maximum absolute atomic E-state index is 10.3. The van der Waals surface area contributed by atoms with Gasteiger partial charge in [0.25, 0.3) is 0 Å². The predicted octanol–water partition coefficient (Wildman–Crippen LogP) is 0.888. The number of carbonyl (C=O) groups is 1. The van der Waals surface area contributed by atoms with Crippen molar-refractivity contribution in [3.63, 3.8) is 0 Å². The zero-order chi connectivity index (χ0) is 21.3. The fourth-order valence-electron chi connectivity index (χ4n) is 1.73. The van der Waals surface area contributed by atoms with Gasteiger partial charge in [0.15, 0.2) is 0 Å². The summed E-state index contributed by atoms with van der Waals surface area (Å²) in [5.74, 6) is -0.874. The number of nitrogens with zero attached hydrogens (tertiary/aromatic N) is 3. The molecule has 0 saturated heterocycles. The minimum atomic E-state index is -0.874. The van der Waals surface area contributed by atoms with Crippen LogP contribution in [0.5, 0.6) is 0 Å². The summed E-state index contributed by atoms with van der Waals surface area (Å²) in [6.45, 7) is 6.40. The highest BCUT2D eigenvalue weighted by atomic mass is 16.6. The molecule has 0 aliphatic heterocycles. The molecule has 0 spiro atoms. The maximum atomic E-state index is 10.3. The number of carboxylic acid groups (broad SMARTS) is 1. The van der Waals surface area contributed by atoms with Crippen molar-refractivity contribution in [1.82, 2.24) is 0 Å². The standard InChI is InChI=1S/C17H33N3O9/c18-20-19-2-4-24-6-8-26-10-12-28-14-16-29-15-13-27-11-9-25-7-5-23-3-1-17(21)22/h1-16H2,(H,21,22). The molecule has 0 fully saturated rings. The molecular weight excluding hydrogens is 390 g/mol. The van der Waals surface area contributed by atoms with Gasteiger partial charge in [0.05, 0.1) is 98.9 Å². The summed E-state index contributed by atoms with van der Waals surface area (Å²) in [6.07, 6.45) is -0.000394. The minimum absolute atomic E-state index is 0.000394. The minimum Gasteiger partial charge on any atom is -0.481 e. The average molecular weight is 423 g/mol. The monoisotopic (exact) mass is 423 g/mol. The number of rotatable bonds is 24. The normalized spacial score (nSPS) is 10.8. The zero-order valence-corrected chi connectivity index (χ0v) is 16.9. The van der Waals surface area contributed by atoms with Gasteiger partial charge in [-0.05, 0) is 5.53 Å². The Morgan fingerprint density at radius 1 is 0.621 bits per heavy atom. The highest BCUT2D eigenvalue weighted by molar-refractivity contribution is 5.66. The third-order valence-corrected chi connectivity index (χ3v) is 3.09. The van der Waals surface area contributed by atoms with Crippen LogP contribution in [-0.2, 0) is 38.0 Å². The number of hydrogen-bond donors (Lipinski definition) is 1. The molecule has 12 heteroatoms. The molecule has 0 aromatic heterocycles. The molecule has 1 N–H and O–H groups in total. The molecule has 0 amide bonds. The lowest BCUT2D eigenvalue weighted by Crippen LogP contribution is -2.14. The van der Waals surface area contributed by atoms with E-state index < -0.39 is 5.97 Å². The third kappa shape index (κ3) is 26.5. The van der Waals surface area contributed by atoms with E-state index in [1.165, 1.54) is 0 Å². The van der Waals surface area contributed by atoms with Crippen molar-refractivity contribution in [3.8, 4) is 0 Å². The fourth-order valence-corrected chi connectivity index (χ4v) is 1.73. The Morgan fingerprint density at radius 3 is 1.24 bits per heavy atom. The summed E-state index contributed by atoms with van der Waals surface area (Å²) in [4.78, 5) is 12.9. The van der Waals surface area contributed by atoms with E-state index in [0.29, 0.717) is 92.4 Å². The maximum Gasteiger partial charge on any atom is 0.305 e. The van der Waals surface area contributed by atoms with Crippen LogP contribution in [0.25, 0.3) is 10.4 Å². The van der Waals surface area contributed by atoms with Gasteiger partial charge >= 0.3 is 5.97 Å². The lowest BCUT2D eigenvalue weighted by molar-refractivity contribution is -0.138. The van der Waals surface area contributed by atoms with Crippen molar-refractivity contribution in [2.24, 2.45) is 5.11 Å². The molecule has 0 rings (SSSR count). The van der Waals surface area contributed by atoms with Gasteiger partial charge in [-0.15, -0.1) is 0 Å². The predicted molar refractivity (Wildman–Crippen MR) is 102 cm³/mol. The second kappa shape index (κ2) is 24.5. The SMILES string of the molecule is [N-]=[N+]=NCCOCCOCCOCCOCCOCCOCCOCCC(=O)O. The number of azide groups is 1. The molecule has 0 aliphatic carbocycles. The Hall–Kier alpha value is -1.50. The lowest BCUT2D eigenvalue weighted by atomic mass is 10.5. The van der Waals surface area contributed by atoms with Gasteiger partial charge in [0.2, 0.25) is 0 Å². The largest absolute Gasteiger partial charge is 0.481 e. The highest BCUT2D eigenvalue weighted by Crippen LogP contribution is 1.86. The second-order valence-corrected chi connectivity index (χ2v) is 5.38. The first kappa shape index (κ1) is 27.5. The highest BCUT2D eigenvalue weighted by Gasteiger charge is 1.97. The van der Waals surface area contributed by atoms with E-state index >= 15 is 0 Å². The molecule has 0 radical (unpaired) electrons. The van der Waals surface area contributed by atoms with Crippen LogP contribution in [0, 0.1) is 0 Å². The van der Waals surface area contributed by atoms with Crippen LogP contribution in [-0.4, -0.2) is 110 Å². The third-order valence-electron chi connectivity index (χ3n) is 3.09. The Morgan fingerprint density at radius 2 is 0.931 bits per heavy atom. The van der Waals surface area contributed by atoms with Crippen LogP contribution in [0.4, 0.5) is 0 Å². The van der Waals surface area contributed by atoms with E-state index in [4.69, 9.17) is 43.8 Å². The molecule has 0 aromatic rings.